The number of nitrogens with two attached hydrogens (primary N) is 2. The highest BCUT2D eigenvalue weighted by molar-refractivity contribution is 6.14. The molecule has 0 heterocycles. The highest BCUT2D eigenvalue weighted by Crippen LogP contribution is 2.24. The van der Waals surface area contributed by atoms with Crippen molar-refractivity contribution in [2.75, 3.05) is 17.6 Å². The van der Waals surface area contributed by atoms with Crippen LogP contribution in [0.15, 0.2) is 78.9 Å². The molecule has 3 aromatic rings. The van der Waals surface area contributed by atoms with Crippen molar-refractivity contribution in [1.82, 2.24) is 0 Å². The molecular formula is C23H24N4O. The third kappa shape index (κ3) is 4.45. The normalized spacial score (nSPS) is 11.6. The first-order valence-corrected chi connectivity index (χ1v) is 9.20. The number of nitrogens with one attached hydrogen (secondary N) is 2. The molecule has 0 spiro atoms. The summed E-state index contributed by atoms with van der Waals surface area (Å²) in [6.07, 6.45) is 0.553. The van der Waals surface area contributed by atoms with E-state index in [1.807, 2.05) is 60.7 Å². The van der Waals surface area contributed by atoms with Gasteiger partial charge in [0.2, 0.25) is 5.91 Å². The first kappa shape index (κ1) is 19.3. The lowest BCUT2D eigenvalue weighted by Gasteiger charge is -2.17. The predicted molar refractivity (Wildman–Crippen MR) is 115 cm³/mol. The minimum Gasteiger partial charge on any atom is -0.398 e. The summed E-state index contributed by atoms with van der Waals surface area (Å²) in [7, 11) is 0. The predicted octanol–water partition coefficient (Wildman–Crippen LogP) is 3.76. The Morgan fingerprint density at radius 3 is 2.25 bits per heavy atom. The molecule has 3 rings (SSSR count). The number of hydrogen-bond donors (Lipinski definition) is 4. The van der Waals surface area contributed by atoms with Gasteiger partial charge in [0.05, 0.1) is 11.6 Å². The molecule has 0 saturated heterocycles. The summed E-state index contributed by atoms with van der Waals surface area (Å²) < 4.78 is 0. The molecule has 28 heavy (non-hydrogen) atoms. The molecule has 1 atom stereocenters. The third-order valence-electron chi connectivity index (χ3n) is 4.63. The van der Waals surface area contributed by atoms with Gasteiger partial charge in [-0.2, -0.15) is 0 Å². The van der Waals surface area contributed by atoms with E-state index in [-0.39, 0.29) is 11.8 Å². The van der Waals surface area contributed by atoms with Gasteiger partial charge in [0.1, 0.15) is 0 Å². The van der Waals surface area contributed by atoms with Crippen LogP contribution in [0.4, 0.5) is 11.4 Å². The van der Waals surface area contributed by atoms with Gasteiger partial charge < -0.3 is 16.8 Å². The standard InChI is InChI=1S/C23H24N4O/c24-14-13-19(16-7-3-1-4-8-16)23(28)27-18-11-12-21(25)20(15-18)22(26)17-9-5-2-6-10-17/h1-12,15,19,26H,13-14,24-25H2,(H,27,28)/t19-/m1/s1. The minimum absolute atomic E-state index is 0.126. The molecule has 0 radical (unpaired) electrons. The molecule has 0 aliphatic carbocycles. The maximum Gasteiger partial charge on any atom is 0.231 e. The molecule has 0 saturated carbocycles. The molecular weight excluding hydrogens is 348 g/mol. The molecule has 1 amide bonds. The second-order valence-electron chi connectivity index (χ2n) is 6.57. The number of benzene rings is 3. The average Bonchev–Trinajstić information content (AvgIpc) is 2.74. The van der Waals surface area contributed by atoms with Crippen LogP contribution in [0.3, 0.4) is 0 Å². The molecule has 0 bridgehead atoms. The molecule has 5 heteroatoms. The maximum absolute atomic E-state index is 12.9. The number of carbonyl (C=O) groups excluding carboxylic acids is 1. The summed E-state index contributed by atoms with van der Waals surface area (Å²) in [6.45, 7) is 0.415. The zero-order chi connectivity index (χ0) is 19.9. The van der Waals surface area contributed by atoms with Crippen molar-refractivity contribution in [3.63, 3.8) is 0 Å². The fraction of sp³-hybridized carbons (Fsp3) is 0.130. The van der Waals surface area contributed by atoms with Gasteiger partial charge in [-0.1, -0.05) is 60.7 Å². The lowest BCUT2D eigenvalue weighted by molar-refractivity contribution is -0.117. The van der Waals surface area contributed by atoms with Crippen molar-refractivity contribution in [1.29, 1.82) is 5.41 Å². The molecule has 0 aliphatic heterocycles. The van der Waals surface area contributed by atoms with Crippen molar-refractivity contribution in [3.8, 4) is 0 Å². The quantitative estimate of drug-likeness (QED) is 0.375. The smallest absolute Gasteiger partial charge is 0.231 e. The monoisotopic (exact) mass is 372 g/mol. The lowest BCUT2D eigenvalue weighted by atomic mass is 9.94. The van der Waals surface area contributed by atoms with E-state index in [9.17, 15) is 4.79 Å². The molecule has 3 aromatic carbocycles. The topological polar surface area (TPSA) is 105 Å². The van der Waals surface area contributed by atoms with Crippen LogP contribution in [0.25, 0.3) is 0 Å². The van der Waals surface area contributed by atoms with Crippen molar-refractivity contribution >= 4 is 23.0 Å². The Bertz CT molecular complexity index is 955. The van der Waals surface area contributed by atoms with Gasteiger partial charge in [0.15, 0.2) is 0 Å². The van der Waals surface area contributed by atoms with Crippen molar-refractivity contribution in [2.45, 2.75) is 12.3 Å². The van der Waals surface area contributed by atoms with Crippen LogP contribution in [-0.4, -0.2) is 18.2 Å². The first-order chi connectivity index (χ1) is 13.6. The molecule has 0 unspecified atom stereocenters. The second-order valence-corrected chi connectivity index (χ2v) is 6.57. The van der Waals surface area contributed by atoms with E-state index < -0.39 is 0 Å². The maximum atomic E-state index is 12.9. The molecule has 5 nitrogen and oxygen atoms in total. The van der Waals surface area contributed by atoms with Crippen LogP contribution >= 0.6 is 0 Å². The van der Waals surface area contributed by atoms with E-state index in [4.69, 9.17) is 16.9 Å². The van der Waals surface area contributed by atoms with E-state index in [2.05, 4.69) is 5.32 Å². The Balaban J connectivity index is 1.84. The van der Waals surface area contributed by atoms with E-state index in [1.165, 1.54) is 0 Å². The Kier molecular flexibility index (Phi) is 6.19. The number of amides is 1. The molecule has 0 fully saturated rings. The van der Waals surface area contributed by atoms with Crippen LogP contribution in [0.5, 0.6) is 0 Å². The molecule has 6 N–H and O–H groups in total. The van der Waals surface area contributed by atoms with Gasteiger partial charge in [0.25, 0.3) is 0 Å². The van der Waals surface area contributed by atoms with Gasteiger partial charge in [0, 0.05) is 22.5 Å². The average molecular weight is 372 g/mol. The summed E-state index contributed by atoms with van der Waals surface area (Å²) in [5.74, 6) is -0.459. The van der Waals surface area contributed by atoms with Crippen molar-refractivity contribution < 1.29 is 4.79 Å². The number of rotatable bonds is 7. The molecule has 0 aromatic heterocycles. The fourth-order valence-electron chi connectivity index (χ4n) is 3.14. The van der Waals surface area contributed by atoms with Crippen molar-refractivity contribution in [3.05, 3.63) is 95.6 Å². The second kappa shape index (κ2) is 8.97. The first-order valence-electron chi connectivity index (χ1n) is 9.20. The van der Waals surface area contributed by atoms with E-state index in [1.54, 1.807) is 18.2 Å². The summed E-state index contributed by atoms with van der Waals surface area (Å²) in [6, 6.07) is 24.2. The van der Waals surface area contributed by atoms with Gasteiger partial charge in [-0.15, -0.1) is 0 Å². The van der Waals surface area contributed by atoms with Crippen LogP contribution in [0.1, 0.15) is 29.0 Å². The van der Waals surface area contributed by atoms with E-state index in [0.29, 0.717) is 35.6 Å². The number of carbonyl (C=O) groups is 1. The lowest BCUT2D eigenvalue weighted by Crippen LogP contribution is -2.23. The number of anilines is 2. The van der Waals surface area contributed by atoms with Crippen LogP contribution in [-0.2, 0) is 4.79 Å². The molecule has 0 aliphatic rings. The SMILES string of the molecule is N=C(c1ccccc1)c1cc(NC(=O)[C@H](CCN)c2ccccc2)ccc1N. The van der Waals surface area contributed by atoms with Crippen molar-refractivity contribution in [2.24, 2.45) is 5.73 Å². The van der Waals surface area contributed by atoms with E-state index in [0.717, 1.165) is 11.1 Å². The van der Waals surface area contributed by atoms with Gasteiger partial charge in [-0.3, -0.25) is 10.2 Å². The summed E-state index contributed by atoms with van der Waals surface area (Å²) in [5.41, 5.74) is 15.5. The van der Waals surface area contributed by atoms with E-state index >= 15 is 0 Å². The minimum atomic E-state index is -0.333. The highest BCUT2D eigenvalue weighted by atomic mass is 16.1. The summed E-state index contributed by atoms with van der Waals surface area (Å²) >= 11 is 0. The zero-order valence-electron chi connectivity index (χ0n) is 15.6. The Morgan fingerprint density at radius 1 is 0.964 bits per heavy atom. The summed E-state index contributed by atoms with van der Waals surface area (Å²) in [4.78, 5) is 12.9. The zero-order valence-corrected chi connectivity index (χ0v) is 15.6. The Labute approximate surface area is 164 Å². The van der Waals surface area contributed by atoms with Gasteiger partial charge >= 0.3 is 0 Å². The number of nitrogen functional groups attached to an aromatic ring is 1. The Hall–Kier alpha value is -3.44. The fourth-order valence-corrected chi connectivity index (χ4v) is 3.14. The van der Waals surface area contributed by atoms with Crippen LogP contribution in [0, 0.1) is 5.41 Å². The highest BCUT2D eigenvalue weighted by Gasteiger charge is 2.20. The number of hydrogen-bond acceptors (Lipinski definition) is 4. The largest absolute Gasteiger partial charge is 0.398 e. The summed E-state index contributed by atoms with van der Waals surface area (Å²) in [5, 5.41) is 11.4. The van der Waals surface area contributed by atoms with Gasteiger partial charge in [-0.05, 0) is 36.7 Å². The Morgan fingerprint density at radius 2 is 1.61 bits per heavy atom. The van der Waals surface area contributed by atoms with Gasteiger partial charge in [-0.25, -0.2) is 0 Å². The third-order valence-corrected chi connectivity index (χ3v) is 4.63. The van der Waals surface area contributed by atoms with Crippen LogP contribution in [0.2, 0.25) is 0 Å². The molecule has 142 valence electrons. The van der Waals surface area contributed by atoms with Crippen LogP contribution < -0.4 is 16.8 Å².